The summed E-state index contributed by atoms with van der Waals surface area (Å²) in [4.78, 5) is 11.9. The van der Waals surface area contributed by atoms with Crippen LogP contribution in [-0.4, -0.2) is 11.3 Å². The van der Waals surface area contributed by atoms with Gasteiger partial charge in [-0.2, -0.15) is 0 Å². The summed E-state index contributed by atoms with van der Waals surface area (Å²) in [5.41, 5.74) is 2.42. The van der Waals surface area contributed by atoms with Crippen LogP contribution in [0.15, 0.2) is 24.3 Å². The molecule has 3 atom stereocenters. The van der Waals surface area contributed by atoms with E-state index in [1.165, 1.54) is 11.1 Å². The van der Waals surface area contributed by atoms with Crippen LogP contribution in [0.2, 0.25) is 0 Å². The minimum Gasteiger partial charge on any atom is -0.348 e. The van der Waals surface area contributed by atoms with Crippen LogP contribution in [0.4, 0.5) is 0 Å². The maximum absolute atomic E-state index is 11.9. The highest BCUT2D eigenvalue weighted by Gasteiger charge is 2.32. The first-order chi connectivity index (χ1) is 8.13. The van der Waals surface area contributed by atoms with Gasteiger partial charge in [0.05, 0.1) is 11.4 Å². The Balaban J connectivity index is 2.14. The summed E-state index contributed by atoms with van der Waals surface area (Å²) < 4.78 is 0. The number of rotatable bonds is 3. The van der Waals surface area contributed by atoms with Gasteiger partial charge in [-0.05, 0) is 24.0 Å². The zero-order valence-corrected chi connectivity index (χ0v) is 11.0. The Kier molecular flexibility index (Phi) is 3.72. The molecule has 1 aromatic carbocycles. The lowest BCUT2D eigenvalue weighted by atomic mass is 10.1. The molecule has 1 aliphatic carbocycles. The fourth-order valence-electron chi connectivity index (χ4n) is 2.20. The number of carbonyl (C=O) groups excluding carboxylic acids is 1. The monoisotopic (exact) mass is 251 g/mol. The first-order valence-electron chi connectivity index (χ1n) is 6.15. The van der Waals surface area contributed by atoms with Crippen molar-refractivity contribution in [2.45, 2.75) is 38.1 Å². The van der Waals surface area contributed by atoms with Crippen molar-refractivity contribution in [1.29, 1.82) is 0 Å². The van der Waals surface area contributed by atoms with Gasteiger partial charge >= 0.3 is 0 Å². The SMILES string of the molecule is CCC(C)C(=O)NC1c2ccccc2CC1Cl. The standard InChI is InChI=1S/C14H18ClNO/c1-3-9(2)14(17)16-13-11-7-5-4-6-10(11)8-12(13)15/h4-7,9,12-13H,3,8H2,1-2H3,(H,16,17). The Bertz CT molecular complexity index is 418. The highest BCUT2D eigenvalue weighted by molar-refractivity contribution is 6.21. The molecule has 0 bridgehead atoms. The zero-order valence-electron chi connectivity index (χ0n) is 10.2. The van der Waals surface area contributed by atoms with E-state index in [1.807, 2.05) is 26.0 Å². The van der Waals surface area contributed by atoms with Gasteiger partial charge < -0.3 is 5.32 Å². The maximum atomic E-state index is 11.9. The first-order valence-corrected chi connectivity index (χ1v) is 6.59. The molecule has 0 aliphatic heterocycles. The van der Waals surface area contributed by atoms with Crippen LogP contribution in [0.1, 0.15) is 37.4 Å². The number of benzene rings is 1. The van der Waals surface area contributed by atoms with Crippen molar-refractivity contribution in [3.8, 4) is 0 Å². The van der Waals surface area contributed by atoms with Crippen molar-refractivity contribution in [3.05, 3.63) is 35.4 Å². The number of alkyl halides is 1. The highest BCUT2D eigenvalue weighted by atomic mass is 35.5. The first kappa shape index (κ1) is 12.4. The van der Waals surface area contributed by atoms with Crippen LogP contribution < -0.4 is 5.32 Å². The summed E-state index contributed by atoms with van der Waals surface area (Å²) in [5.74, 6) is 0.145. The quantitative estimate of drug-likeness (QED) is 0.822. The summed E-state index contributed by atoms with van der Waals surface area (Å²) in [6.45, 7) is 3.96. The molecule has 1 N–H and O–H groups in total. The number of nitrogens with one attached hydrogen (secondary N) is 1. The molecule has 1 amide bonds. The minimum absolute atomic E-state index is 0.0274. The molecule has 0 spiro atoms. The number of hydrogen-bond donors (Lipinski definition) is 1. The number of fused-ring (bicyclic) bond motifs is 1. The van der Waals surface area contributed by atoms with Crippen LogP contribution in [-0.2, 0) is 11.2 Å². The van der Waals surface area contributed by atoms with E-state index in [1.54, 1.807) is 0 Å². The highest BCUT2D eigenvalue weighted by Crippen LogP contribution is 2.34. The topological polar surface area (TPSA) is 29.1 Å². The van der Waals surface area contributed by atoms with Gasteiger partial charge in [0.2, 0.25) is 5.91 Å². The zero-order chi connectivity index (χ0) is 12.4. The van der Waals surface area contributed by atoms with Crippen LogP contribution in [0.25, 0.3) is 0 Å². The molecule has 1 aliphatic rings. The lowest BCUT2D eigenvalue weighted by Gasteiger charge is -2.19. The molecule has 2 rings (SSSR count). The summed E-state index contributed by atoms with van der Waals surface area (Å²) in [5, 5.41) is 3.04. The molecule has 0 saturated carbocycles. The maximum Gasteiger partial charge on any atom is 0.223 e. The lowest BCUT2D eigenvalue weighted by molar-refractivity contribution is -0.125. The van der Waals surface area contributed by atoms with Gasteiger partial charge in [0.1, 0.15) is 0 Å². The normalized spacial score (nSPS) is 24.2. The van der Waals surface area contributed by atoms with E-state index in [0.717, 1.165) is 12.8 Å². The van der Waals surface area contributed by atoms with E-state index < -0.39 is 0 Å². The van der Waals surface area contributed by atoms with Crippen molar-refractivity contribution in [1.82, 2.24) is 5.32 Å². The van der Waals surface area contributed by atoms with Gasteiger partial charge in [-0.15, -0.1) is 11.6 Å². The lowest BCUT2D eigenvalue weighted by Crippen LogP contribution is -2.35. The molecule has 0 fully saturated rings. The third-order valence-electron chi connectivity index (χ3n) is 3.52. The van der Waals surface area contributed by atoms with E-state index in [-0.39, 0.29) is 23.2 Å². The van der Waals surface area contributed by atoms with Gasteiger partial charge in [0.25, 0.3) is 0 Å². The molecule has 0 heterocycles. The Labute approximate surface area is 107 Å². The second-order valence-electron chi connectivity index (χ2n) is 4.71. The third kappa shape index (κ3) is 2.47. The summed E-state index contributed by atoms with van der Waals surface area (Å²) >= 11 is 6.32. The molecule has 17 heavy (non-hydrogen) atoms. The molecule has 0 saturated heterocycles. The molecule has 3 heteroatoms. The molecule has 3 unspecified atom stereocenters. The molecular weight excluding hydrogens is 234 g/mol. The van der Waals surface area contributed by atoms with Crippen LogP contribution in [0, 0.1) is 5.92 Å². The summed E-state index contributed by atoms with van der Waals surface area (Å²) in [6, 6.07) is 8.12. The van der Waals surface area contributed by atoms with Gasteiger partial charge in [0, 0.05) is 5.92 Å². The van der Waals surface area contributed by atoms with E-state index in [9.17, 15) is 4.79 Å². The minimum atomic E-state index is -0.0330. The van der Waals surface area contributed by atoms with Crippen molar-refractivity contribution in [3.63, 3.8) is 0 Å². The van der Waals surface area contributed by atoms with Crippen LogP contribution in [0.3, 0.4) is 0 Å². The Morgan fingerprint density at radius 3 is 2.94 bits per heavy atom. The summed E-state index contributed by atoms with van der Waals surface area (Å²) in [6.07, 6.45) is 1.69. The van der Waals surface area contributed by atoms with Crippen LogP contribution >= 0.6 is 11.6 Å². The van der Waals surface area contributed by atoms with Crippen molar-refractivity contribution in [2.24, 2.45) is 5.92 Å². The fraction of sp³-hybridized carbons (Fsp3) is 0.500. The Hall–Kier alpha value is -1.02. The van der Waals surface area contributed by atoms with Crippen LogP contribution in [0.5, 0.6) is 0 Å². The average Bonchev–Trinajstić information content (AvgIpc) is 2.65. The predicted molar refractivity (Wildman–Crippen MR) is 70.1 cm³/mol. The molecule has 2 nitrogen and oxygen atoms in total. The van der Waals surface area contributed by atoms with Gasteiger partial charge in [0.15, 0.2) is 0 Å². The number of carbonyl (C=O) groups is 1. The van der Waals surface area contributed by atoms with Crippen molar-refractivity contribution >= 4 is 17.5 Å². The van der Waals surface area contributed by atoms with Gasteiger partial charge in [-0.1, -0.05) is 38.1 Å². The van der Waals surface area contributed by atoms with E-state index in [4.69, 9.17) is 11.6 Å². The number of hydrogen-bond acceptors (Lipinski definition) is 1. The number of amides is 1. The van der Waals surface area contributed by atoms with E-state index >= 15 is 0 Å². The van der Waals surface area contributed by atoms with Gasteiger partial charge in [-0.3, -0.25) is 4.79 Å². The smallest absolute Gasteiger partial charge is 0.223 e. The Morgan fingerprint density at radius 2 is 2.24 bits per heavy atom. The van der Waals surface area contributed by atoms with E-state index in [0.29, 0.717) is 0 Å². The average molecular weight is 252 g/mol. The van der Waals surface area contributed by atoms with Crippen molar-refractivity contribution < 1.29 is 4.79 Å². The second kappa shape index (κ2) is 5.09. The predicted octanol–water partition coefficient (Wildman–Crippen LogP) is 3.05. The fourth-order valence-corrected chi connectivity index (χ4v) is 2.56. The third-order valence-corrected chi connectivity index (χ3v) is 3.93. The molecular formula is C14H18ClNO. The second-order valence-corrected chi connectivity index (χ2v) is 5.28. The largest absolute Gasteiger partial charge is 0.348 e. The Morgan fingerprint density at radius 1 is 1.53 bits per heavy atom. The molecule has 1 aromatic rings. The van der Waals surface area contributed by atoms with Gasteiger partial charge in [-0.25, -0.2) is 0 Å². The van der Waals surface area contributed by atoms with Crippen molar-refractivity contribution in [2.75, 3.05) is 0 Å². The molecule has 0 radical (unpaired) electrons. The van der Waals surface area contributed by atoms with E-state index in [2.05, 4.69) is 17.4 Å². The molecule has 92 valence electrons. The summed E-state index contributed by atoms with van der Waals surface area (Å²) in [7, 11) is 0. The number of halogens is 1. The molecule has 0 aromatic heterocycles.